The van der Waals surface area contributed by atoms with Crippen molar-refractivity contribution >= 4 is 19.6 Å². The quantitative estimate of drug-likeness (QED) is 0.0655. The summed E-state index contributed by atoms with van der Waals surface area (Å²) in [6.45, 7) is 1.21. The number of amides is 1. The Balaban J connectivity index is 1.34. The van der Waals surface area contributed by atoms with Gasteiger partial charge < -0.3 is 24.4 Å². The van der Waals surface area contributed by atoms with Crippen LogP contribution in [0, 0.1) is 11.8 Å². The Bertz CT molecular complexity index is 1770. The molecular weight excluding hydrogens is 667 g/mol. The first-order valence-electron chi connectivity index (χ1n) is 16.5. The number of ether oxygens (including phenoxy) is 2. The van der Waals surface area contributed by atoms with Crippen LogP contribution in [0.3, 0.4) is 0 Å². The first-order valence-corrected chi connectivity index (χ1v) is 18.1. The minimum atomic E-state index is -4.23. The lowest BCUT2D eigenvalue weighted by Crippen LogP contribution is -2.34. The summed E-state index contributed by atoms with van der Waals surface area (Å²) < 4.78 is 37.2. The molecule has 4 N–H and O–H groups in total. The zero-order chi connectivity index (χ0) is 35.8. The van der Waals surface area contributed by atoms with Crippen molar-refractivity contribution in [2.45, 2.75) is 76.9 Å². The zero-order valence-corrected chi connectivity index (χ0v) is 28.8. The highest BCUT2D eigenvalue weighted by atomic mass is 31.2. The van der Waals surface area contributed by atoms with E-state index in [2.05, 4.69) is 34.2 Å². The van der Waals surface area contributed by atoms with Gasteiger partial charge in [0.2, 0.25) is 5.91 Å². The maximum absolute atomic E-state index is 13.7. The lowest BCUT2D eigenvalue weighted by atomic mass is 10.1. The second-order valence-corrected chi connectivity index (χ2v) is 13.3. The van der Waals surface area contributed by atoms with Crippen LogP contribution in [0.25, 0.3) is 0 Å². The fourth-order valence-electron chi connectivity index (χ4n) is 4.93. The Morgan fingerprint density at radius 2 is 1.78 bits per heavy atom. The van der Waals surface area contributed by atoms with E-state index in [0.717, 1.165) is 42.2 Å². The van der Waals surface area contributed by atoms with Crippen LogP contribution in [0.4, 0.5) is 0 Å². The van der Waals surface area contributed by atoms with Crippen LogP contribution in [-0.2, 0) is 34.8 Å². The highest BCUT2D eigenvalue weighted by Crippen LogP contribution is 2.45. The number of carbonyl (C=O) groups excluding carboxylic acids is 2. The van der Waals surface area contributed by atoms with Crippen molar-refractivity contribution < 1.29 is 37.8 Å². The number of unbranched alkanes of at least 4 members (excludes halogenated alkanes) is 4. The number of aliphatic hydroxyl groups excluding tert-OH is 1. The molecule has 15 heteroatoms. The number of hydrogen-bond acceptors (Lipinski definition) is 10. The third-order valence-electron chi connectivity index (χ3n) is 7.62. The molecule has 3 aromatic rings. The van der Waals surface area contributed by atoms with E-state index in [1.165, 1.54) is 6.20 Å². The van der Waals surface area contributed by atoms with Gasteiger partial charge in [-0.1, -0.05) is 93.0 Å². The zero-order valence-electron chi connectivity index (χ0n) is 27.9. The van der Waals surface area contributed by atoms with Gasteiger partial charge in [-0.25, -0.2) is 14.4 Å². The van der Waals surface area contributed by atoms with Gasteiger partial charge in [-0.05, 0) is 24.1 Å². The second-order valence-electron chi connectivity index (χ2n) is 11.6. The fourth-order valence-corrected chi connectivity index (χ4v) is 6.20. The molecule has 50 heavy (non-hydrogen) atoms. The highest BCUT2D eigenvalue weighted by Gasteiger charge is 2.38. The van der Waals surface area contributed by atoms with Gasteiger partial charge >= 0.3 is 19.4 Å². The largest absolute Gasteiger partial charge is 0.460 e. The minimum absolute atomic E-state index is 0.0167. The maximum atomic E-state index is 13.7. The standard InChI is InChI=1S/C35H43N4O10P/c1-2-3-4-5-12-19-31(41)36-20-13-16-27-23-39(35(44)38-34(27)43)32-21-29(40)30(48-32)25-47-50(45,49-28-17-10-7-11-18-28)37-22-33(42)46-24-26-14-8-6-9-15-26/h6-11,14-15,17-18,23,29-30,32,40H,2-5,12,19-22,24-25H2,1H3,(H,36,41)(H,37,45)(H,38,43,44)/t29-,30+,32+,50?/m0/s1. The van der Waals surface area contributed by atoms with Gasteiger partial charge in [0.05, 0.1) is 19.3 Å². The number of aromatic nitrogens is 2. The van der Waals surface area contributed by atoms with Crippen LogP contribution in [0.15, 0.2) is 76.4 Å². The fraction of sp³-hybridized carbons (Fsp3) is 0.429. The summed E-state index contributed by atoms with van der Waals surface area (Å²) in [5.74, 6) is 4.74. The molecule has 0 bridgehead atoms. The van der Waals surface area contributed by atoms with Crippen molar-refractivity contribution in [2.75, 3.05) is 19.7 Å². The number of rotatable bonds is 18. The number of nitrogens with one attached hydrogen (secondary N) is 3. The molecule has 4 rings (SSSR count). The molecule has 1 unspecified atom stereocenters. The van der Waals surface area contributed by atoms with Crippen LogP contribution in [-0.4, -0.2) is 58.4 Å². The Labute approximate surface area is 290 Å². The molecule has 1 amide bonds. The van der Waals surface area contributed by atoms with Crippen molar-refractivity contribution in [3.8, 4) is 17.6 Å². The monoisotopic (exact) mass is 710 g/mol. The summed E-state index contributed by atoms with van der Waals surface area (Å²) in [5, 5.41) is 16.0. The molecule has 2 aromatic carbocycles. The van der Waals surface area contributed by atoms with E-state index in [1.807, 2.05) is 18.2 Å². The number of para-hydroxylation sites is 1. The number of H-pyrrole nitrogens is 1. The summed E-state index contributed by atoms with van der Waals surface area (Å²) in [4.78, 5) is 51.8. The number of carbonyl (C=O) groups is 2. The molecule has 0 aliphatic carbocycles. The Morgan fingerprint density at radius 1 is 1.06 bits per heavy atom. The molecule has 1 aliphatic rings. The summed E-state index contributed by atoms with van der Waals surface area (Å²) in [6.07, 6.45) is 3.44. The molecule has 268 valence electrons. The van der Waals surface area contributed by atoms with E-state index in [1.54, 1.807) is 42.5 Å². The number of esters is 1. The van der Waals surface area contributed by atoms with E-state index in [4.69, 9.17) is 18.5 Å². The van der Waals surface area contributed by atoms with E-state index < -0.39 is 56.6 Å². The lowest BCUT2D eigenvalue weighted by Gasteiger charge is -2.22. The number of aliphatic hydroxyl groups is 1. The van der Waals surface area contributed by atoms with E-state index in [0.29, 0.717) is 6.42 Å². The Kier molecular flexibility index (Phi) is 15.0. The van der Waals surface area contributed by atoms with Gasteiger partial charge in [0.15, 0.2) is 0 Å². The van der Waals surface area contributed by atoms with Crippen LogP contribution in [0.2, 0.25) is 0 Å². The van der Waals surface area contributed by atoms with Crippen molar-refractivity contribution in [2.24, 2.45) is 0 Å². The molecule has 0 radical (unpaired) electrons. The lowest BCUT2D eigenvalue weighted by molar-refractivity contribution is -0.143. The van der Waals surface area contributed by atoms with Crippen molar-refractivity contribution in [3.63, 3.8) is 0 Å². The average Bonchev–Trinajstić information content (AvgIpc) is 3.48. The molecular formula is C35H43N4O10P. The highest BCUT2D eigenvalue weighted by molar-refractivity contribution is 7.52. The minimum Gasteiger partial charge on any atom is -0.460 e. The second kappa shape index (κ2) is 19.6. The van der Waals surface area contributed by atoms with Gasteiger partial charge in [0.25, 0.3) is 5.56 Å². The number of benzene rings is 2. The van der Waals surface area contributed by atoms with Crippen LogP contribution in [0.1, 0.15) is 69.2 Å². The van der Waals surface area contributed by atoms with Gasteiger partial charge in [-0.15, -0.1) is 0 Å². The summed E-state index contributed by atoms with van der Waals surface area (Å²) in [7, 11) is -4.23. The molecule has 1 saturated heterocycles. The van der Waals surface area contributed by atoms with Gasteiger partial charge in [0.1, 0.15) is 36.8 Å². The van der Waals surface area contributed by atoms with E-state index in [-0.39, 0.29) is 36.8 Å². The van der Waals surface area contributed by atoms with E-state index in [9.17, 15) is 28.8 Å². The van der Waals surface area contributed by atoms with Crippen molar-refractivity contribution in [3.05, 3.63) is 98.8 Å². The summed E-state index contributed by atoms with van der Waals surface area (Å²) in [6, 6.07) is 17.2. The number of hydrogen-bond donors (Lipinski definition) is 4. The summed E-state index contributed by atoms with van der Waals surface area (Å²) >= 11 is 0. The predicted molar refractivity (Wildman–Crippen MR) is 184 cm³/mol. The molecule has 1 aromatic heterocycles. The molecule has 0 spiro atoms. The first-order chi connectivity index (χ1) is 24.2. The van der Waals surface area contributed by atoms with Crippen LogP contribution < -0.4 is 26.2 Å². The van der Waals surface area contributed by atoms with E-state index >= 15 is 0 Å². The smallest absolute Gasteiger partial charge is 0.459 e. The molecule has 2 heterocycles. The van der Waals surface area contributed by atoms with Gasteiger partial charge in [-0.2, -0.15) is 0 Å². The molecule has 1 aliphatic heterocycles. The summed E-state index contributed by atoms with van der Waals surface area (Å²) in [5.41, 5.74) is -0.771. The molecule has 0 saturated carbocycles. The molecule has 1 fully saturated rings. The van der Waals surface area contributed by atoms with Gasteiger partial charge in [-0.3, -0.25) is 28.5 Å². The van der Waals surface area contributed by atoms with Crippen LogP contribution >= 0.6 is 7.75 Å². The van der Waals surface area contributed by atoms with Gasteiger partial charge in [0, 0.05) is 19.0 Å². The number of nitrogens with zero attached hydrogens (tertiary/aromatic N) is 1. The SMILES string of the molecule is CCCCCCCC(=O)NCC#Cc1cn([C@H]2C[C@H](O)[C@@H](COP(=O)(NCC(=O)OCc3ccccc3)Oc3ccccc3)O2)c(=O)[nH]c1=O. The Hall–Kier alpha value is -4.51. The maximum Gasteiger partial charge on any atom is 0.459 e. The third kappa shape index (κ3) is 12.4. The Morgan fingerprint density at radius 3 is 2.52 bits per heavy atom. The topological polar surface area (TPSA) is 187 Å². The van der Waals surface area contributed by atoms with Crippen LogP contribution in [0.5, 0.6) is 5.75 Å². The predicted octanol–water partition coefficient (Wildman–Crippen LogP) is 3.55. The van der Waals surface area contributed by atoms with Crippen molar-refractivity contribution in [1.29, 1.82) is 0 Å². The number of aromatic amines is 1. The normalized spacial score (nSPS) is 18.0. The van der Waals surface area contributed by atoms with Crippen molar-refractivity contribution in [1.82, 2.24) is 20.0 Å². The third-order valence-corrected chi connectivity index (χ3v) is 9.11. The first kappa shape index (κ1) is 38.3. The molecule has 4 atom stereocenters. The molecule has 14 nitrogen and oxygen atoms in total. The average molecular weight is 711 g/mol.